The second kappa shape index (κ2) is 12.3. The number of hydrogen-bond donors (Lipinski definition) is 2. The fourth-order valence-electron chi connectivity index (χ4n) is 4.38. The minimum absolute atomic E-state index is 0.0948. The summed E-state index contributed by atoms with van der Waals surface area (Å²) < 4.78 is 28.8. The molecular formula is C31H30N4O4S. The van der Waals surface area contributed by atoms with E-state index in [9.17, 15) is 18.3 Å². The van der Waals surface area contributed by atoms with Gasteiger partial charge in [0.2, 0.25) is 10.0 Å². The number of carbonyl (C=O) groups is 1. The van der Waals surface area contributed by atoms with Crippen molar-refractivity contribution in [3.05, 3.63) is 131 Å². The molecule has 204 valence electrons. The van der Waals surface area contributed by atoms with E-state index in [2.05, 4.69) is 15.3 Å². The molecule has 5 rings (SSSR count). The van der Waals surface area contributed by atoms with E-state index in [1.54, 1.807) is 66.9 Å². The Hall–Kier alpha value is -4.18. The predicted octanol–water partition coefficient (Wildman–Crippen LogP) is 3.61. The molecule has 0 saturated carbocycles. The average molecular weight is 555 g/mol. The van der Waals surface area contributed by atoms with Crippen molar-refractivity contribution in [1.82, 2.24) is 14.6 Å². The van der Waals surface area contributed by atoms with Crippen molar-refractivity contribution in [1.29, 1.82) is 0 Å². The number of aromatic nitrogens is 1. The quantitative estimate of drug-likeness (QED) is 0.278. The largest absolute Gasteiger partial charge is 0.394 e. The van der Waals surface area contributed by atoms with Gasteiger partial charge in [0.25, 0.3) is 5.91 Å². The summed E-state index contributed by atoms with van der Waals surface area (Å²) in [4.78, 5) is 21.5. The van der Waals surface area contributed by atoms with Crippen LogP contribution >= 0.6 is 0 Å². The number of nitrogens with zero attached hydrogens (tertiary/aromatic N) is 3. The van der Waals surface area contributed by atoms with Gasteiger partial charge >= 0.3 is 0 Å². The van der Waals surface area contributed by atoms with E-state index >= 15 is 0 Å². The number of amides is 1. The molecule has 1 aliphatic heterocycles. The van der Waals surface area contributed by atoms with E-state index in [1.807, 2.05) is 36.4 Å². The van der Waals surface area contributed by atoms with Crippen LogP contribution in [0.3, 0.4) is 0 Å². The average Bonchev–Trinajstić information content (AvgIpc) is 3.84. The summed E-state index contributed by atoms with van der Waals surface area (Å²) in [6.45, 7) is 0.702. The van der Waals surface area contributed by atoms with Crippen LogP contribution in [0.4, 0.5) is 0 Å². The highest BCUT2D eigenvalue weighted by atomic mass is 32.2. The van der Waals surface area contributed by atoms with Crippen LogP contribution in [0.5, 0.6) is 0 Å². The van der Waals surface area contributed by atoms with Crippen LogP contribution in [0.15, 0.2) is 113 Å². The number of aliphatic imine (C=N–C) groups is 1. The summed E-state index contributed by atoms with van der Waals surface area (Å²) in [5.41, 5.74) is 4.69. The van der Waals surface area contributed by atoms with Crippen LogP contribution in [-0.2, 0) is 29.5 Å². The number of benzene rings is 3. The molecule has 2 N–H and O–H groups in total. The van der Waals surface area contributed by atoms with Crippen molar-refractivity contribution < 1.29 is 18.3 Å². The Balaban J connectivity index is 1.31. The van der Waals surface area contributed by atoms with Crippen molar-refractivity contribution >= 4 is 21.6 Å². The van der Waals surface area contributed by atoms with E-state index in [0.717, 1.165) is 22.4 Å². The standard InChI is InChI=1S/C31H30N4O4S/c36-22-28(18-23-6-2-1-3-7-23)34-31(37)26-11-9-24(10-12-26)20-35(21-27-8-4-5-17-32-27)40(38,39)29-15-13-25(14-16-29)30-19-33-30/h1-17,28,36H,18-22H2,(H,34,37)/t28-/m0/s1. The lowest BCUT2D eigenvalue weighted by Crippen LogP contribution is -2.39. The van der Waals surface area contributed by atoms with Crippen LogP contribution in [-0.4, -0.2) is 53.6 Å². The maximum atomic E-state index is 13.7. The third-order valence-corrected chi connectivity index (χ3v) is 8.47. The highest BCUT2D eigenvalue weighted by molar-refractivity contribution is 7.89. The highest BCUT2D eigenvalue weighted by Gasteiger charge is 2.26. The Bertz CT molecular complexity index is 1570. The van der Waals surface area contributed by atoms with Gasteiger partial charge in [-0.25, -0.2) is 8.42 Å². The smallest absolute Gasteiger partial charge is 0.251 e. The summed E-state index contributed by atoms with van der Waals surface area (Å²) >= 11 is 0. The number of carbonyl (C=O) groups excluding carboxylic acids is 1. The first-order chi connectivity index (χ1) is 19.4. The molecule has 0 fully saturated rings. The first kappa shape index (κ1) is 27.4. The van der Waals surface area contributed by atoms with E-state index in [4.69, 9.17) is 0 Å². The monoisotopic (exact) mass is 554 g/mol. The Kier molecular flexibility index (Phi) is 8.45. The zero-order valence-corrected chi connectivity index (χ0v) is 22.7. The van der Waals surface area contributed by atoms with Crippen LogP contribution in [0.1, 0.15) is 32.7 Å². The Morgan fingerprint density at radius 1 is 0.875 bits per heavy atom. The Labute approximate surface area is 234 Å². The first-order valence-corrected chi connectivity index (χ1v) is 14.4. The Morgan fingerprint density at radius 3 is 2.20 bits per heavy atom. The predicted molar refractivity (Wildman–Crippen MR) is 153 cm³/mol. The molecule has 40 heavy (non-hydrogen) atoms. The minimum atomic E-state index is -3.85. The zero-order valence-electron chi connectivity index (χ0n) is 21.8. The lowest BCUT2D eigenvalue weighted by molar-refractivity contribution is 0.0916. The number of pyridine rings is 1. The molecule has 0 spiro atoms. The van der Waals surface area contributed by atoms with E-state index in [-0.39, 0.29) is 30.5 Å². The lowest BCUT2D eigenvalue weighted by Gasteiger charge is -2.22. The summed E-state index contributed by atoms with van der Waals surface area (Å²) in [6, 6.07) is 28.2. The Morgan fingerprint density at radius 2 is 1.57 bits per heavy atom. The molecule has 4 aromatic rings. The molecule has 1 amide bonds. The molecule has 1 aliphatic rings. The van der Waals surface area contributed by atoms with Gasteiger partial charge in [0.05, 0.1) is 42.0 Å². The number of rotatable bonds is 12. The number of nitrogens with one attached hydrogen (secondary N) is 1. The fraction of sp³-hybridized carbons (Fsp3) is 0.194. The van der Waals surface area contributed by atoms with Crippen molar-refractivity contribution in [2.45, 2.75) is 30.4 Å². The van der Waals surface area contributed by atoms with Crippen LogP contribution in [0.25, 0.3) is 0 Å². The lowest BCUT2D eigenvalue weighted by atomic mass is 10.1. The molecule has 0 unspecified atom stereocenters. The first-order valence-electron chi connectivity index (χ1n) is 13.0. The zero-order chi connectivity index (χ0) is 28.0. The van der Waals surface area contributed by atoms with Crippen LogP contribution in [0.2, 0.25) is 0 Å². The molecule has 2 heterocycles. The van der Waals surface area contributed by atoms with Gasteiger partial charge in [-0.2, -0.15) is 4.31 Å². The molecule has 0 radical (unpaired) electrons. The maximum Gasteiger partial charge on any atom is 0.251 e. The van der Waals surface area contributed by atoms with Gasteiger partial charge in [0, 0.05) is 18.3 Å². The van der Waals surface area contributed by atoms with Gasteiger partial charge in [-0.3, -0.25) is 14.8 Å². The molecule has 0 aliphatic carbocycles. The van der Waals surface area contributed by atoms with E-state index in [0.29, 0.717) is 24.2 Å². The van der Waals surface area contributed by atoms with Gasteiger partial charge in [-0.15, -0.1) is 0 Å². The van der Waals surface area contributed by atoms with Crippen molar-refractivity contribution in [3.8, 4) is 0 Å². The SMILES string of the molecule is O=C(N[C@H](CO)Cc1ccccc1)c1ccc(CN(Cc2ccccn2)S(=O)(=O)c2ccc(C3=NC3)cc2)cc1. The van der Waals surface area contributed by atoms with Gasteiger partial charge in [0.15, 0.2) is 0 Å². The number of aliphatic hydroxyl groups is 1. The normalized spacial score (nSPS) is 13.5. The van der Waals surface area contributed by atoms with Gasteiger partial charge in [-0.05, 0) is 59.5 Å². The summed E-state index contributed by atoms with van der Waals surface area (Å²) in [5.74, 6) is -0.306. The molecule has 1 aromatic heterocycles. The third-order valence-electron chi connectivity index (χ3n) is 6.66. The summed E-state index contributed by atoms with van der Waals surface area (Å²) in [6.07, 6.45) is 2.15. The highest BCUT2D eigenvalue weighted by Crippen LogP contribution is 2.23. The molecule has 8 nitrogen and oxygen atoms in total. The molecule has 9 heteroatoms. The van der Waals surface area contributed by atoms with Gasteiger partial charge < -0.3 is 10.4 Å². The number of sulfonamides is 1. The molecule has 0 saturated heterocycles. The van der Waals surface area contributed by atoms with E-state index in [1.165, 1.54) is 4.31 Å². The summed E-state index contributed by atoms with van der Waals surface area (Å²) in [5, 5.41) is 12.6. The second-order valence-corrected chi connectivity index (χ2v) is 11.6. The van der Waals surface area contributed by atoms with Crippen molar-refractivity contribution in [2.24, 2.45) is 4.99 Å². The molecular weight excluding hydrogens is 524 g/mol. The summed E-state index contributed by atoms with van der Waals surface area (Å²) in [7, 11) is -3.85. The molecule has 3 aromatic carbocycles. The molecule has 0 bridgehead atoms. The van der Waals surface area contributed by atoms with E-state index < -0.39 is 16.1 Å². The third kappa shape index (κ3) is 6.87. The van der Waals surface area contributed by atoms with Crippen LogP contribution in [0, 0.1) is 0 Å². The van der Waals surface area contributed by atoms with Gasteiger partial charge in [0.1, 0.15) is 0 Å². The maximum absolute atomic E-state index is 13.7. The number of hydrogen-bond acceptors (Lipinski definition) is 6. The van der Waals surface area contributed by atoms with Crippen LogP contribution < -0.4 is 5.32 Å². The van der Waals surface area contributed by atoms with Crippen molar-refractivity contribution in [2.75, 3.05) is 13.2 Å². The second-order valence-electron chi connectivity index (χ2n) is 9.62. The van der Waals surface area contributed by atoms with Crippen molar-refractivity contribution in [3.63, 3.8) is 0 Å². The molecule has 1 atom stereocenters. The fourth-order valence-corrected chi connectivity index (χ4v) is 5.78. The number of aliphatic hydroxyl groups excluding tert-OH is 1. The minimum Gasteiger partial charge on any atom is -0.394 e. The topological polar surface area (TPSA) is 112 Å². The van der Waals surface area contributed by atoms with Gasteiger partial charge in [-0.1, -0.05) is 60.7 Å².